The monoisotopic (exact) mass is 221 g/mol. The lowest BCUT2D eigenvalue weighted by molar-refractivity contribution is 0.572. The number of nitrogens with two attached hydrogens (primary N) is 1. The van der Waals surface area contributed by atoms with Crippen molar-refractivity contribution >= 4 is 15.9 Å². The van der Waals surface area contributed by atoms with Gasteiger partial charge in [-0.15, -0.1) is 0 Å². The molecule has 1 aromatic rings. The molecule has 1 rings (SSSR count). The number of hydrogen-bond donors (Lipinski definition) is 1. The van der Waals surface area contributed by atoms with Crippen LogP contribution < -0.4 is 5.73 Å². The van der Waals surface area contributed by atoms with Crippen LogP contribution >= 0.6 is 15.9 Å². The first-order chi connectivity index (χ1) is 5.11. The van der Waals surface area contributed by atoms with Gasteiger partial charge in [0.2, 0.25) is 0 Å². The molecule has 0 radical (unpaired) electrons. The Morgan fingerprint density at radius 1 is 1.36 bits per heavy atom. The van der Waals surface area contributed by atoms with Crippen molar-refractivity contribution in [3.05, 3.63) is 35.4 Å². The molecular weight excluding hydrogens is 216 g/mol. The van der Waals surface area contributed by atoms with E-state index in [1.807, 2.05) is 0 Å². The second-order valence-corrected chi connectivity index (χ2v) is 3.05. The van der Waals surface area contributed by atoms with Crippen LogP contribution in [0.4, 0.5) is 8.78 Å². The summed E-state index contributed by atoms with van der Waals surface area (Å²) in [6.45, 7) is 0. The molecule has 0 spiro atoms. The second kappa shape index (κ2) is 3.28. The summed E-state index contributed by atoms with van der Waals surface area (Å²) in [7, 11) is 0. The molecule has 0 heterocycles. The average Bonchev–Trinajstić information content (AvgIpc) is 1.85. The third-order valence-electron chi connectivity index (χ3n) is 1.26. The van der Waals surface area contributed by atoms with Crippen LogP contribution in [-0.2, 0) is 0 Å². The lowest BCUT2D eigenvalue weighted by Gasteiger charge is -2.03. The van der Waals surface area contributed by atoms with E-state index in [0.717, 1.165) is 6.07 Å². The van der Waals surface area contributed by atoms with E-state index >= 15 is 0 Å². The van der Waals surface area contributed by atoms with Crippen molar-refractivity contribution in [2.45, 2.75) is 4.95 Å². The standard InChI is InChI=1S/C7H6BrF2N/c8-7(11)5-2-1-4(9)3-6(5)10/h1-3,7H,11H2. The molecule has 4 heteroatoms. The first-order valence-corrected chi connectivity index (χ1v) is 3.87. The van der Waals surface area contributed by atoms with E-state index in [9.17, 15) is 8.78 Å². The first-order valence-electron chi connectivity index (χ1n) is 2.96. The molecular formula is C7H6BrF2N. The van der Waals surface area contributed by atoms with Crippen molar-refractivity contribution in [3.63, 3.8) is 0 Å². The molecule has 0 aliphatic rings. The second-order valence-electron chi connectivity index (χ2n) is 2.07. The summed E-state index contributed by atoms with van der Waals surface area (Å²) in [4.78, 5) is -0.580. The molecule has 1 unspecified atom stereocenters. The number of halogens is 3. The van der Waals surface area contributed by atoms with Crippen molar-refractivity contribution in [2.75, 3.05) is 0 Å². The zero-order valence-electron chi connectivity index (χ0n) is 5.52. The van der Waals surface area contributed by atoms with Crippen LogP contribution in [0.25, 0.3) is 0 Å². The highest BCUT2D eigenvalue weighted by Crippen LogP contribution is 2.20. The molecule has 1 atom stereocenters. The van der Waals surface area contributed by atoms with E-state index in [2.05, 4.69) is 15.9 Å². The van der Waals surface area contributed by atoms with E-state index in [-0.39, 0.29) is 5.56 Å². The Balaban J connectivity index is 3.09. The summed E-state index contributed by atoms with van der Waals surface area (Å²) in [6, 6.07) is 3.28. The van der Waals surface area contributed by atoms with Gasteiger partial charge in [0, 0.05) is 11.6 Å². The minimum Gasteiger partial charge on any atom is -0.315 e. The fourth-order valence-electron chi connectivity index (χ4n) is 0.725. The van der Waals surface area contributed by atoms with Gasteiger partial charge in [-0.05, 0) is 6.07 Å². The van der Waals surface area contributed by atoms with Crippen LogP contribution in [0.15, 0.2) is 18.2 Å². The van der Waals surface area contributed by atoms with Crippen LogP contribution in [0, 0.1) is 11.6 Å². The molecule has 1 aromatic carbocycles. The van der Waals surface area contributed by atoms with Gasteiger partial charge in [0.25, 0.3) is 0 Å². The molecule has 1 nitrogen and oxygen atoms in total. The summed E-state index contributed by atoms with van der Waals surface area (Å²) in [5.41, 5.74) is 5.57. The number of alkyl halides is 1. The van der Waals surface area contributed by atoms with Gasteiger partial charge in [0.05, 0.1) is 4.95 Å². The van der Waals surface area contributed by atoms with Crippen LogP contribution in [0.2, 0.25) is 0 Å². The highest BCUT2D eigenvalue weighted by atomic mass is 79.9. The van der Waals surface area contributed by atoms with Gasteiger partial charge in [-0.2, -0.15) is 0 Å². The van der Waals surface area contributed by atoms with E-state index in [1.54, 1.807) is 0 Å². The number of rotatable bonds is 1. The molecule has 0 amide bonds. The molecule has 0 aromatic heterocycles. The Bertz CT molecular complexity index is 263. The smallest absolute Gasteiger partial charge is 0.131 e. The van der Waals surface area contributed by atoms with Gasteiger partial charge in [-0.25, -0.2) is 8.78 Å². The van der Waals surface area contributed by atoms with Gasteiger partial charge in [0.1, 0.15) is 11.6 Å². The van der Waals surface area contributed by atoms with E-state index in [0.29, 0.717) is 0 Å². The molecule has 0 fully saturated rings. The average molecular weight is 222 g/mol. The normalized spacial score (nSPS) is 13.1. The number of benzene rings is 1. The Morgan fingerprint density at radius 3 is 2.45 bits per heavy atom. The topological polar surface area (TPSA) is 26.0 Å². The predicted octanol–water partition coefficient (Wildman–Crippen LogP) is 2.32. The Kier molecular flexibility index (Phi) is 2.57. The summed E-state index contributed by atoms with van der Waals surface area (Å²) in [5, 5.41) is 0. The van der Waals surface area contributed by atoms with Gasteiger partial charge in [-0.1, -0.05) is 22.0 Å². The molecule has 2 N–H and O–H groups in total. The summed E-state index contributed by atoms with van der Waals surface area (Å²) >= 11 is 2.97. The zero-order valence-corrected chi connectivity index (χ0v) is 7.11. The molecule has 60 valence electrons. The van der Waals surface area contributed by atoms with Gasteiger partial charge < -0.3 is 5.73 Å². The Morgan fingerprint density at radius 2 is 2.00 bits per heavy atom. The lowest BCUT2D eigenvalue weighted by Crippen LogP contribution is -2.04. The van der Waals surface area contributed by atoms with Crippen molar-refractivity contribution in [3.8, 4) is 0 Å². The van der Waals surface area contributed by atoms with Crippen molar-refractivity contribution in [2.24, 2.45) is 5.73 Å². The lowest BCUT2D eigenvalue weighted by atomic mass is 10.2. The quantitative estimate of drug-likeness (QED) is 0.572. The van der Waals surface area contributed by atoms with Crippen LogP contribution in [0.1, 0.15) is 10.5 Å². The largest absolute Gasteiger partial charge is 0.315 e. The Labute approximate surface area is 71.3 Å². The van der Waals surface area contributed by atoms with E-state index in [1.165, 1.54) is 12.1 Å². The highest BCUT2D eigenvalue weighted by Gasteiger charge is 2.07. The van der Waals surface area contributed by atoms with Crippen LogP contribution in [-0.4, -0.2) is 0 Å². The maximum atomic E-state index is 12.8. The van der Waals surface area contributed by atoms with Crippen molar-refractivity contribution in [1.82, 2.24) is 0 Å². The van der Waals surface area contributed by atoms with Crippen molar-refractivity contribution in [1.29, 1.82) is 0 Å². The fourth-order valence-corrected chi connectivity index (χ4v) is 1.10. The SMILES string of the molecule is NC(Br)c1ccc(F)cc1F. The molecule has 0 aliphatic heterocycles. The maximum Gasteiger partial charge on any atom is 0.131 e. The van der Waals surface area contributed by atoms with Gasteiger partial charge in [-0.3, -0.25) is 0 Å². The molecule has 0 bridgehead atoms. The minimum atomic E-state index is -0.630. The predicted molar refractivity (Wildman–Crippen MR) is 42.2 cm³/mol. The zero-order chi connectivity index (χ0) is 8.43. The third-order valence-corrected chi connectivity index (χ3v) is 1.75. The highest BCUT2D eigenvalue weighted by molar-refractivity contribution is 9.09. The molecule has 0 aliphatic carbocycles. The van der Waals surface area contributed by atoms with Crippen LogP contribution in [0.3, 0.4) is 0 Å². The van der Waals surface area contributed by atoms with Crippen molar-refractivity contribution < 1.29 is 8.78 Å². The van der Waals surface area contributed by atoms with E-state index in [4.69, 9.17) is 5.73 Å². The molecule has 11 heavy (non-hydrogen) atoms. The number of hydrogen-bond acceptors (Lipinski definition) is 1. The molecule has 0 saturated heterocycles. The third kappa shape index (κ3) is 1.97. The summed E-state index contributed by atoms with van der Waals surface area (Å²) in [6.07, 6.45) is 0. The van der Waals surface area contributed by atoms with Gasteiger partial charge >= 0.3 is 0 Å². The minimum absolute atomic E-state index is 0.256. The van der Waals surface area contributed by atoms with Crippen LogP contribution in [0.5, 0.6) is 0 Å². The Hall–Kier alpha value is -0.480. The van der Waals surface area contributed by atoms with E-state index < -0.39 is 16.6 Å². The van der Waals surface area contributed by atoms with Gasteiger partial charge in [0.15, 0.2) is 0 Å². The summed E-state index contributed by atoms with van der Waals surface area (Å²) < 4.78 is 25.1. The molecule has 0 saturated carbocycles. The fraction of sp³-hybridized carbons (Fsp3) is 0.143. The summed E-state index contributed by atoms with van der Waals surface area (Å²) in [5.74, 6) is -1.23. The first kappa shape index (κ1) is 8.62. The maximum absolute atomic E-state index is 12.8.